The molecule has 2 rings (SSSR count). The van der Waals surface area contributed by atoms with Crippen molar-refractivity contribution in [2.45, 2.75) is 30.6 Å². The first kappa shape index (κ1) is 16.3. The first-order valence-corrected chi connectivity index (χ1v) is 9.56. The van der Waals surface area contributed by atoms with Crippen molar-refractivity contribution in [2.24, 2.45) is 5.92 Å². The fourth-order valence-electron chi connectivity index (χ4n) is 2.64. The Morgan fingerprint density at radius 1 is 1.25 bits per heavy atom. The van der Waals surface area contributed by atoms with E-state index in [-0.39, 0.29) is 4.90 Å². The molecule has 1 fully saturated rings. The molecule has 0 radical (unpaired) electrons. The average Bonchev–Trinajstić information content (AvgIpc) is 2.79. The van der Waals surface area contributed by atoms with Gasteiger partial charge in [-0.05, 0) is 62.8 Å². The van der Waals surface area contributed by atoms with Gasteiger partial charge in [-0.3, -0.25) is 0 Å². The quantitative estimate of drug-likeness (QED) is 0.749. The van der Waals surface area contributed by atoms with Crippen LogP contribution in [0.1, 0.15) is 25.7 Å². The van der Waals surface area contributed by atoms with Gasteiger partial charge in [0.2, 0.25) is 10.0 Å². The zero-order valence-electron chi connectivity index (χ0n) is 11.3. The van der Waals surface area contributed by atoms with E-state index in [9.17, 15) is 8.42 Å². The Hall–Kier alpha value is -0.110. The van der Waals surface area contributed by atoms with E-state index in [1.54, 1.807) is 19.2 Å². The Bertz CT molecular complexity index is 575. The number of hydrogen-bond donors (Lipinski definition) is 1. The maximum absolute atomic E-state index is 12.7. The standard InChI is InChI=1S/C13H18Br2N2O2S/c1-17(8-9-4-2-3-5-9)20(18,19)13-11(14)6-10(16)7-12(13)15/h6-7,9H,2-5,8,16H2,1H3. The van der Waals surface area contributed by atoms with Crippen LogP contribution in [-0.4, -0.2) is 26.3 Å². The minimum Gasteiger partial charge on any atom is -0.399 e. The van der Waals surface area contributed by atoms with Gasteiger partial charge < -0.3 is 5.73 Å². The number of nitrogens with zero attached hydrogens (tertiary/aromatic N) is 1. The van der Waals surface area contributed by atoms with Crippen LogP contribution in [0.3, 0.4) is 0 Å². The van der Waals surface area contributed by atoms with Crippen molar-refractivity contribution in [1.29, 1.82) is 0 Å². The molecule has 0 atom stereocenters. The van der Waals surface area contributed by atoms with Crippen molar-refractivity contribution in [2.75, 3.05) is 19.3 Å². The number of nitrogen functional groups attached to an aromatic ring is 1. The summed E-state index contributed by atoms with van der Waals surface area (Å²) in [5.41, 5.74) is 6.23. The zero-order chi connectivity index (χ0) is 14.9. The Morgan fingerprint density at radius 2 is 1.75 bits per heavy atom. The van der Waals surface area contributed by atoms with Crippen molar-refractivity contribution in [3.05, 3.63) is 21.1 Å². The summed E-state index contributed by atoms with van der Waals surface area (Å²) in [6.45, 7) is 0.575. The molecule has 0 unspecified atom stereocenters. The summed E-state index contributed by atoms with van der Waals surface area (Å²) in [5.74, 6) is 0.473. The maximum Gasteiger partial charge on any atom is 0.245 e. The molecule has 0 heterocycles. The molecule has 0 spiro atoms. The molecule has 1 saturated carbocycles. The van der Waals surface area contributed by atoms with Crippen LogP contribution in [0, 0.1) is 5.92 Å². The van der Waals surface area contributed by atoms with E-state index in [2.05, 4.69) is 31.9 Å². The van der Waals surface area contributed by atoms with Gasteiger partial charge in [-0.15, -0.1) is 0 Å². The van der Waals surface area contributed by atoms with Crippen LogP contribution in [-0.2, 0) is 10.0 Å². The fourth-order valence-corrected chi connectivity index (χ4v) is 6.42. The third-order valence-electron chi connectivity index (χ3n) is 3.68. The van der Waals surface area contributed by atoms with E-state index in [1.807, 2.05) is 0 Å². The van der Waals surface area contributed by atoms with E-state index < -0.39 is 10.0 Å². The predicted octanol–water partition coefficient (Wildman–Crippen LogP) is 3.60. The van der Waals surface area contributed by atoms with Crippen molar-refractivity contribution in [1.82, 2.24) is 4.31 Å². The summed E-state index contributed by atoms with van der Waals surface area (Å²) in [7, 11) is -1.88. The number of rotatable bonds is 4. The molecule has 4 nitrogen and oxygen atoms in total. The highest BCUT2D eigenvalue weighted by molar-refractivity contribution is 9.11. The monoisotopic (exact) mass is 424 g/mol. The first-order chi connectivity index (χ1) is 9.32. The molecule has 1 aromatic carbocycles. The van der Waals surface area contributed by atoms with Crippen LogP contribution in [0.4, 0.5) is 5.69 Å². The molecule has 0 aliphatic heterocycles. The van der Waals surface area contributed by atoms with Crippen LogP contribution in [0.15, 0.2) is 26.0 Å². The van der Waals surface area contributed by atoms with E-state index in [4.69, 9.17) is 5.73 Å². The third kappa shape index (κ3) is 3.37. The maximum atomic E-state index is 12.7. The van der Waals surface area contributed by atoms with E-state index >= 15 is 0 Å². The molecule has 1 aliphatic carbocycles. The van der Waals surface area contributed by atoms with Crippen molar-refractivity contribution < 1.29 is 8.42 Å². The van der Waals surface area contributed by atoms with Crippen molar-refractivity contribution >= 4 is 47.6 Å². The minimum absolute atomic E-state index is 0.243. The first-order valence-electron chi connectivity index (χ1n) is 6.53. The second-order valence-corrected chi connectivity index (χ2v) is 8.94. The Morgan fingerprint density at radius 3 is 2.25 bits per heavy atom. The third-order valence-corrected chi connectivity index (χ3v) is 7.38. The average molecular weight is 426 g/mol. The number of sulfonamides is 1. The SMILES string of the molecule is CN(CC1CCCC1)S(=O)(=O)c1c(Br)cc(N)cc1Br. The Kier molecular flexibility index (Phi) is 5.15. The molecule has 2 N–H and O–H groups in total. The number of nitrogens with two attached hydrogens (primary N) is 1. The van der Waals surface area contributed by atoms with Crippen LogP contribution < -0.4 is 5.73 Å². The van der Waals surface area contributed by atoms with Gasteiger partial charge in [0.05, 0.1) is 0 Å². The van der Waals surface area contributed by atoms with Gasteiger partial charge in [-0.25, -0.2) is 12.7 Å². The summed E-state index contributed by atoms with van der Waals surface area (Å²) in [4.78, 5) is 0.243. The van der Waals surface area contributed by atoms with Gasteiger partial charge in [-0.1, -0.05) is 12.8 Å². The molecule has 0 bridgehead atoms. The lowest BCUT2D eigenvalue weighted by Crippen LogP contribution is -2.31. The zero-order valence-corrected chi connectivity index (χ0v) is 15.3. The van der Waals surface area contributed by atoms with Crippen LogP contribution in [0.25, 0.3) is 0 Å². The largest absolute Gasteiger partial charge is 0.399 e. The molecule has 20 heavy (non-hydrogen) atoms. The molecule has 112 valence electrons. The number of anilines is 1. The second-order valence-electron chi connectivity index (χ2n) is 5.25. The molecule has 7 heteroatoms. The topological polar surface area (TPSA) is 63.4 Å². The summed E-state index contributed by atoms with van der Waals surface area (Å²) in [6.07, 6.45) is 4.63. The lowest BCUT2D eigenvalue weighted by Gasteiger charge is -2.22. The summed E-state index contributed by atoms with van der Waals surface area (Å²) >= 11 is 6.60. The predicted molar refractivity (Wildman–Crippen MR) is 88.0 cm³/mol. The summed E-state index contributed by atoms with van der Waals surface area (Å²) in [5, 5.41) is 0. The smallest absolute Gasteiger partial charge is 0.245 e. The van der Waals surface area contributed by atoms with Gasteiger partial charge in [0.15, 0.2) is 0 Å². The van der Waals surface area contributed by atoms with E-state index in [0.717, 1.165) is 12.8 Å². The van der Waals surface area contributed by atoms with Gasteiger partial charge in [0.1, 0.15) is 4.90 Å². The van der Waals surface area contributed by atoms with Gasteiger partial charge in [0, 0.05) is 28.2 Å². The highest BCUT2D eigenvalue weighted by Crippen LogP contribution is 2.35. The molecular formula is C13H18Br2N2O2S. The molecule has 0 aromatic heterocycles. The number of halogens is 2. The van der Waals surface area contributed by atoms with E-state index in [1.165, 1.54) is 17.1 Å². The molecular weight excluding hydrogens is 408 g/mol. The molecule has 0 saturated heterocycles. The van der Waals surface area contributed by atoms with Crippen LogP contribution >= 0.6 is 31.9 Å². The number of hydrogen-bond acceptors (Lipinski definition) is 3. The van der Waals surface area contributed by atoms with Gasteiger partial charge in [-0.2, -0.15) is 0 Å². The van der Waals surface area contributed by atoms with Crippen LogP contribution in [0.2, 0.25) is 0 Å². The van der Waals surface area contributed by atoms with Gasteiger partial charge >= 0.3 is 0 Å². The van der Waals surface area contributed by atoms with Crippen LogP contribution in [0.5, 0.6) is 0 Å². The fraction of sp³-hybridized carbons (Fsp3) is 0.538. The highest BCUT2D eigenvalue weighted by Gasteiger charge is 2.29. The molecule has 0 amide bonds. The molecule has 1 aromatic rings. The van der Waals surface area contributed by atoms with Crippen molar-refractivity contribution in [3.63, 3.8) is 0 Å². The number of benzene rings is 1. The van der Waals surface area contributed by atoms with E-state index in [0.29, 0.717) is 27.1 Å². The highest BCUT2D eigenvalue weighted by atomic mass is 79.9. The summed E-state index contributed by atoms with van der Waals surface area (Å²) in [6, 6.07) is 3.22. The minimum atomic E-state index is -3.52. The Balaban J connectivity index is 2.29. The lowest BCUT2D eigenvalue weighted by molar-refractivity contribution is 0.387. The Labute approximate surface area is 137 Å². The van der Waals surface area contributed by atoms with Crippen molar-refractivity contribution in [3.8, 4) is 0 Å². The lowest BCUT2D eigenvalue weighted by atomic mass is 10.1. The van der Waals surface area contributed by atoms with Gasteiger partial charge in [0.25, 0.3) is 0 Å². The normalized spacial score (nSPS) is 17.0. The second kappa shape index (κ2) is 6.34. The molecule has 1 aliphatic rings. The summed E-state index contributed by atoms with van der Waals surface area (Å²) < 4.78 is 27.8.